The van der Waals surface area contributed by atoms with Gasteiger partial charge < -0.3 is 10.2 Å². The Bertz CT molecular complexity index is 367. The third kappa shape index (κ3) is 2.68. The molecule has 0 spiro atoms. The maximum absolute atomic E-state index is 10.9. The molecule has 0 aliphatic heterocycles. The van der Waals surface area contributed by atoms with Gasteiger partial charge in [-0.3, -0.25) is 10.6 Å². The fraction of sp³-hybridized carbons (Fsp3) is 0.300. The molecule has 82 valence electrons. The van der Waals surface area contributed by atoms with Crippen LogP contribution in [0.15, 0.2) is 24.3 Å². The van der Waals surface area contributed by atoms with E-state index in [4.69, 9.17) is 10.9 Å². The zero-order chi connectivity index (χ0) is 11.5. The molecule has 1 rings (SSSR count). The van der Waals surface area contributed by atoms with Crippen molar-refractivity contribution in [3.63, 3.8) is 0 Å². The molecular weight excluding hydrogens is 196 g/mol. The van der Waals surface area contributed by atoms with Crippen LogP contribution in [0.4, 0.5) is 0 Å². The quantitative estimate of drug-likeness (QED) is 0.422. The van der Waals surface area contributed by atoms with Crippen molar-refractivity contribution in [2.24, 2.45) is 5.84 Å². The average Bonchev–Trinajstić information content (AvgIpc) is 2.17. The van der Waals surface area contributed by atoms with E-state index >= 15 is 0 Å². The molecule has 5 heteroatoms. The molecule has 15 heavy (non-hydrogen) atoms. The van der Waals surface area contributed by atoms with Crippen molar-refractivity contribution in [2.45, 2.75) is 18.9 Å². The molecular formula is C10H14N2O3. The number of carboxylic acids is 1. The molecule has 5 nitrogen and oxygen atoms in total. The Morgan fingerprint density at radius 1 is 1.60 bits per heavy atom. The second-order valence-electron chi connectivity index (χ2n) is 3.63. The van der Waals surface area contributed by atoms with Gasteiger partial charge in [0.25, 0.3) is 0 Å². The Balaban J connectivity index is 2.89. The van der Waals surface area contributed by atoms with Crippen LogP contribution in [-0.4, -0.2) is 21.7 Å². The minimum absolute atomic E-state index is 0.109. The standard InChI is InChI=1S/C10H14N2O3/c1-10(12-11,9(14)15)6-7-3-2-4-8(13)5-7/h2-5,12-13H,6,11H2,1H3,(H,14,15). The Hall–Kier alpha value is -1.59. The van der Waals surface area contributed by atoms with Crippen molar-refractivity contribution in [1.82, 2.24) is 5.43 Å². The van der Waals surface area contributed by atoms with Gasteiger partial charge in [-0.25, -0.2) is 5.43 Å². The van der Waals surface area contributed by atoms with Crippen molar-refractivity contribution >= 4 is 5.97 Å². The third-order valence-electron chi connectivity index (χ3n) is 2.26. The Morgan fingerprint density at radius 2 is 2.27 bits per heavy atom. The monoisotopic (exact) mass is 210 g/mol. The second-order valence-corrected chi connectivity index (χ2v) is 3.63. The van der Waals surface area contributed by atoms with E-state index in [1.165, 1.54) is 19.1 Å². The van der Waals surface area contributed by atoms with Crippen LogP contribution in [0.1, 0.15) is 12.5 Å². The lowest BCUT2D eigenvalue weighted by Gasteiger charge is -2.23. The highest BCUT2D eigenvalue weighted by Crippen LogP contribution is 2.17. The van der Waals surface area contributed by atoms with Gasteiger partial charge in [0.15, 0.2) is 0 Å². The van der Waals surface area contributed by atoms with Gasteiger partial charge in [-0.1, -0.05) is 12.1 Å². The molecule has 0 fully saturated rings. The zero-order valence-electron chi connectivity index (χ0n) is 8.40. The van der Waals surface area contributed by atoms with Gasteiger partial charge >= 0.3 is 5.97 Å². The molecule has 1 aromatic carbocycles. The molecule has 0 aliphatic carbocycles. The number of hydrogen-bond acceptors (Lipinski definition) is 4. The topological polar surface area (TPSA) is 95.6 Å². The van der Waals surface area contributed by atoms with Crippen LogP contribution >= 0.6 is 0 Å². The van der Waals surface area contributed by atoms with Gasteiger partial charge in [0.2, 0.25) is 0 Å². The number of rotatable bonds is 4. The first-order chi connectivity index (χ1) is 6.98. The molecule has 1 atom stereocenters. The predicted molar refractivity (Wildman–Crippen MR) is 55.2 cm³/mol. The molecule has 5 N–H and O–H groups in total. The summed E-state index contributed by atoms with van der Waals surface area (Å²) < 4.78 is 0. The fourth-order valence-corrected chi connectivity index (χ4v) is 1.26. The molecule has 0 heterocycles. The summed E-state index contributed by atoms with van der Waals surface area (Å²) in [5.41, 5.74) is 1.74. The predicted octanol–water partition coefficient (Wildman–Crippen LogP) is 0.241. The summed E-state index contributed by atoms with van der Waals surface area (Å²) >= 11 is 0. The molecule has 0 amide bonds. The summed E-state index contributed by atoms with van der Waals surface area (Å²) in [6.07, 6.45) is 0.202. The van der Waals surface area contributed by atoms with Crippen LogP contribution in [0.25, 0.3) is 0 Å². The number of hydrogen-bond donors (Lipinski definition) is 4. The maximum atomic E-state index is 10.9. The van der Waals surface area contributed by atoms with Gasteiger partial charge in [-0.05, 0) is 24.6 Å². The summed E-state index contributed by atoms with van der Waals surface area (Å²) in [6, 6.07) is 6.43. The normalized spacial score (nSPS) is 14.5. The SMILES string of the molecule is CC(Cc1cccc(O)c1)(NN)C(=O)O. The second kappa shape index (κ2) is 4.29. The van der Waals surface area contributed by atoms with Gasteiger partial charge in [-0.2, -0.15) is 0 Å². The van der Waals surface area contributed by atoms with Crippen LogP contribution in [0.2, 0.25) is 0 Å². The number of hydrazine groups is 1. The van der Waals surface area contributed by atoms with E-state index < -0.39 is 11.5 Å². The van der Waals surface area contributed by atoms with E-state index in [1.807, 2.05) is 0 Å². The largest absolute Gasteiger partial charge is 0.508 e. The number of carbonyl (C=O) groups is 1. The Kier molecular flexibility index (Phi) is 3.28. The van der Waals surface area contributed by atoms with Crippen molar-refractivity contribution in [3.05, 3.63) is 29.8 Å². The molecule has 0 radical (unpaired) electrons. The lowest BCUT2D eigenvalue weighted by Crippen LogP contribution is -2.54. The maximum Gasteiger partial charge on any atom is 0.325 e. The summed E-state index contributed by atoms with van der Waals surface area (Å²) in [5.74, 6) is 4.28. The van der Waals surface area contributed by atoms with E-state index in [0.717, 1.165) is 0 Å². The highest BCUT2D eigenvalue weighted by atomic mass is 16.4. The van der Waals surface area contributed by atoms with Gasteiger partial charge in [-0.15, -0.1) is 0 Å². The first kappa shape index (κ1) is 11.5. The summed E-state index contributed by atoms with van der Waals surface area (Å²) in [6.45, 7) is 1.49. The first-order valence-corrected chi connectivity index (χ1v) is 4.47. The van der Waals surface area contributed by atoms with Crippen LogP contribution in [0.3, 0.4) is 0 Å². The Morgan fingerprint density at radius 3 is 2.73 bits per heavy atom. The van der Waals surface area contributed by atoms with Crippen molar-refractivity contribution in [1.29, 1.82) is 0 Å². The van der Waals surface area contributed by atoms with Gasteiger partial charge in [0.1, 0.15) is 11.3 Å². The van der Waals surface area contributed by atoms with Crippen molar-refractivity contribution in [2.75, 3.05) is 0 Å². The number of aromatic hydroxyl groups is 1. The lowest BCUT2D eigenvalue weighted by molar-refractivity contribution is -0.144. The zero-order valence-corrected chi connectivity index (χ0v) is 8.40. The molecule has 0 aliphatic rings. The van der Waals surface area contributed by atoms with E-state index in [2.05, 4.69) is 5.43 Å². The molecule has 1 aromatic rings. The van der Waals surface area contributed by atoms with E-state index in [0.29, 0.717) is 5.56 Å². The molecule has 0 saturated heterocycles. The number of phenolic OH excluding ortho intramolecular Hbond substituents is 1. The van der Waals surface area contributed by atoms with E-state index in [1.54, 1.807) is 12.1 Å². The van der Waals surface area contributed by atoms with Crippen LogP contribution in [0.5, 0.6) is 5.75 Å². The summed E-state index contributed by atoms with van der Waals surface area (Å²) in [7, 11) is 0. The Labute approximate surface area is 87.5 Å². The van der Waals surface area contributed by atoms with E-state index in [-0.39, 0.29) is 12.2 Å². The smallest absolute Gasteiger partial charge is 0.325 e. The van der Waals surface area contributed by atoms with Gasteiger partial charge in [0.05, 0.1) is 0 Å². The average molecular weight is 210 g/mol. The molecule has 0 bridgehead atoms. The highest BCUT2D eigenvalue weighted by molar-refractivity contribution is 5.78. The van der Waals surface area contributed by atoms with Crippen LogP contribution < -0.4 is 11.3 Å². The number of carboxylic acid groups (broad SMARTS) is 1. The number of benzene rings is 1. The minimum Gasteiger partial charge on any atom is -0.508 e. The number of nitrogens with two attached hydrogens (primary N) is 1. The van der Waals surface area contributed by atoms with Crippen molar-refractivity contribution < 1.29 is 15.0 Å². The molecule has 0 saturated carbocycles. The lowest BCUT2D eigenvalue weighted by atomic mass is 9.93. The van der Waals surface area contributed by atoms with E-state index in [9.17, 15) is 9.90 Å². The minimum atomic E-state index is -1.23. The number of phenols is 1. The van der Waals surface area contributed by atoms with Crippen LogP contribution in [-0.2, 0) is 11.2 Å². The summed E-state index contributed by atoms with van der Waals surface area (Å²) in [4.78, 5) is 10.9. The molecule has 0 aromatic heterocycles. The van der Waals surface area contributed by atoms with Crippen LogP contribution in [0, 0.1) is 0 Å². The first-order valence-electron chi connectivity index (χ1n) is 4.47. The fourth-order valence-electron chi connectivity index (χ4n) is 1.26. The third-order valence-corrected chi connectivity index (χ3v) is 2.26. The number of nitrogens with one attached hydrogen (secondary N) is 1. The summed E-state index contributed by atoms with van der Waals surface area (Å²) in [5, 5.41) is 18.2. The van der Waals surface area contributed by atoms with Gasteiger partial charge in [0, 0.05) is 6.42 Å². The number of aliphatic carboxylic acids is 1. The highest BCUT2D eigenvalue weighted by Gasteiger charge is 2.31. The van der Waals surface area contributed by atoms with Crippen molar-refractivity contribution in [3.8, 4) is 5.75 Å². The molecule has 1 unspecified atom stereocenters.